The van der Waals surface area contributed by atoms with Crippen LogP contribution in [-0.2, 0) is 17.1 Å². The number of aromatic nitrogens is 2. The molecule has 1 heterocycles. The number of hydrogen-bond acceptors (Lipinski definition) is 3. The van der Waals surface area contributed by atoms with Crippen LogP contribution in [0.3, 0.4) is 0 Å². The van der Waals surface area contributed by atoms with Crippen LogP contribution in [0.15, 0.2) is 11.1 Å². The van der Waals surface area contributed by atoms with Gasteiger partial charge in [0.2, 0.25) is 0 Å². The Kier molecular flexibility index (Phi) is 2.41. The molecule has 0 aromatic carbocycles. The number of nitrogens with zero attached hydrogens (tertiary/aromatic N) is 2. The van der Waals surface area contributed by atoms with Crippen LogP contribution in [0, 0.1) is 6.92 Å². The lowest BCUT2D eigenvalue weighted by atomic mass is 10.5. The van der Waals surface area contributed by atoms with Gasteiger partial charge in [-0.3, -0.25) is 4.68 Å². The first kappa shape index (κ1) is 9.50. The summed E-state index contributed by atoms with van der Waals surface area (Å²) in [5.74, 6) is 0. The van der Waals surface area contributed by atoms with E-state index in [9.17, 15) is 8.42 Å². The number of halogens is 1. The summed E-state index contributed by atoms with van der Waals surface area (Å²) in [4.78, 5) is 0.0972. The molecule has 5 nitrogen and oxygen atoms in total. The van der Waals surface area contributed by atoms with Gasteiger partial charge in [0, 0.05) is 13.2 Å². The summed E-state index contributed by atoms with van der Waals surface area (Å²) < 4.78 is 25.4. The van der Waals surface area contributed by atoms with E-state index in [0.29, 0.717) is 5.69 Å². The Hall–Kier alpha value is -0.590. The number of rotatable bonds is 2. The topological polar surface area (TPSA) is 64.0 Å². The third-order valence-electron chi connectivity index (χ3n) is 1.36. The Labute approximate surface area is 75.5 Å². The molecular formula is C5H8ClN3O2S. The van der Waals surface area contributed by atoms with Gasteiger partial charge in [-0.25, -0.2) is 8.42 Å². The Morgan fingerprint density at radius 2 is 2.25 bits per heavy atom. The van der Waals surface area contributed by atoms with Crippen LogP contribution in [0.1, 0.15) is 5.69 Å². The monoisotopic (exact) mass is 209 g/mol. The molecule has 1 rings (SSSR count). The molecule has 0 amide bonds. The van der Waals surface area contributed by atoms with E-state index in [1.165, 1.54) is 10.9 Å². The molecular weight excluding hydrogens is 202 g/mol. The molecule has 12 heavy (non-hydrogen) atoms. The second kappa shape index (κ2) is 3.04. The van der Waals surface area contributed by atoms with Crippen LogP contribution in [0.25, 0.3) is 0 Å². The summed E-state index contributed by atoms with van der Waals surface area (Å²) in [5.41, 5.74) is 0.422. The predicted molar refractivity (Wildman–Crippen MR) is 44.1 cm³/mol. The molecule has 1 N–H and O–H groups in total. The molecule has 0 aliphatic rings. The van der Waals surface area contributed by atoms with E-state index in [4.69, 9.17) is 11.8 Å². The second-order valence-corrected chi connectivity index (χ2v) is 4.40. The van der Waals surface area contributed by atoms with Crippen molar-refractivity contribution in [3.63, 3.8) is 0 Å². The van der Waals surface area contributed by atoms with Crippen LogP contribution in [0.2, 0.25) is 0 Å². The van der Waals surface area contributed by atoms with E-state index in [2.05, 4.69) is 5.10 Å². The van der Waals surface area contributed by atoms with Gasteiger partial charge in [-0.05, 0) is 18.7 Å². The van der Waals surface area contributed by atoms with E-state index >= 15 is 0 Å². The third-order valence-corrected chi connectivity index (χ3v) is 3.15. The van der Waals surface area contributed by atoms with Crippen molar-refractivity contribution in [2.45, 2.75) is 11.8 Å². The molecule has 0 unspecified atom stereocenters. The fourth-order valence-electron chi connectivity index (χ4n) is 0.883. The van der Waals surface area contributed by atoms with Gasteiger partial charge >= 0.3 is 0 Å². The van der Waals surface area contributed by atoms with Gasteiger partial charge in [0.15, 0.2) is 0 Å². The summed E-state index contributed by atoms with van der Waals surface area (Å²) in [6, 6.07) is 0. The fraction of sp³-hybridized carbons (Fsp3) is 0.400. The zero-order valence-corrected chi connectivity index (χ0v) is 8.15. The first-order valence-corrected chi connectivity index (χ1v) is 4.96. The molecule has 7 heteroatoms. The highest BCUT2D eigenvalue weighted by Crippen LogP contribution is 2.12. The van der Waals surface area contributed by atoms with Crippen LogP contribution in [0.5, 0.6) is 0 Å². The Morgan fingerprint density at radius 3 is 2.58 bits per heavy atom. The zero-order valence-electron chi connectivity index (χ0n) is 6.57. The minimum absolute atomic E-state index is 0.0972. The average Bonchev–Trinajstić information content (AvgIpc) is 2.31. The second-order valence-electron chi connectivity index (χ2n) is 2.33. The van der Waals surface area contributed by atoms with Crippen LogP contribution < -0.4 is 4.24 Å². The number of sulfonamides is 1. The van der Waals surface area contributed by atoms with Gasteiger partial charge in [-0.2, -0.15) is 5.10 Å². The molecule has 0 saturated carbocycles. The molecule has 1 aromatic rings. The first-order valence-electron chi connectivity index (χ1n) is 3.10. The summed E-state index contributed by atoms with van der Waals surface area (Å²) >= 11 is 5.03. The fourth-order valence-corrected chi connectivity index (χ4v) is 1.94. The summed E-state index contributed by atoms with van der Waals surface area (Å²) in [6.07, 6.45) is 1.39. The van der Waals surface area contributed by atoms with Gasteiger partial charge < -0.3 is 0 Å². The molecule has 0 spiro atoms. The quantitative estimate of drug-likeness (QED) is 0.706. The van der Waals surface area contributed by atoms with Gasteiger partial charge in [0.05, 0.1) is 5.69 Å². The molecule has 0 aliphatic carbocycles. The van der Waals surface area contributed by atoms with E-state index in [1.807, 2.05) is 0 Å². The Morgan fingerprint density at radius 1 is 1.67 bits per heavy atom. The van der Waals surface area contributed by atoms with E-state index in [0.717, 1.165) is 0 Å². The van der Waals surface area contributed by atoms with Crippen molar-refractivity contribution in [3.05, 3.63) is 11.9 Å². The molecule has 1 aromatic heterocycles. The largest absolute Gasteiger partial charge is 0.274 e. The zero-order chi connectivity index (χ0) is 9.35. The Balaban J connectivity index is 3.29. The average molecular weight is 210 g/mol. The number of aryl methyl sites for hydroxylation is 2. The molecule has 68 valence electrons. The lowest BCUT2D eigenvalue weighted by Crippen LogP contribution is -2.13. The first-order chi connectivity index (χ1) is 5.47. The van der Waals surface area contributed by atoms with Crippen LogP contribution in [-0.4, -0.2) is 18.2 Å². The number of hydrogen-bond donors (Lipinski definition) is 1. The minimum Gasteiger partial charge on any atom is -0.274 e. The standard InChI is InChI=1S/C5H8ClN3O2S/c1-4-5(3-9(2)7-4)12(10,11)8-6/h3,8H,1-2H3. The molecule has 0 saturated heterocycles. The highest BCUT2D eigenvalue weighted by atomic mass is 35.5. The highest BCUT2D eigenvalue weighted by molar-refractivity contribution is 7.90. The molecule has 0 fully saturated rings. The number of nitrogens with one attached hydrogen (secondary N) is 1. The predicted octanol–water partition coefficient (Wildman–Crippen LogP) is 0.161. The molecule has 0 radical (unpaired) electrons. The SMILES string of the molecule is Cc1nn(C)cc1S(=O)(=O)NCl. The molecule has 0 bridgehead atoms. The third kappa shape index (κ3) is 1.60. The smallest absolute Gasteiger partial charge is 0.257 e. The van der Waals surface area contributed by atoms with E-state index in [1.54, 1.807) is 18.2 Å². The van der Waals surface area contributed by atoms with Crippen molar-refractivity contribution < 1.29 is 8.42 Å². The summed E-state index contributed by atoms with van der Waals surface area (Å²) in [5, 5.41) is 3.86. The van der Waals surface area contributed by atoms with Crippen molar-refractivity contribution in [1.29, 1.82) is 0 Å². The van der Waals surface area contributed by atoms with Crippen molar-refractivity contribution in [1.82, 2.24) is 14.0 Å². The maximum absolute atomic E-state index is 11.1. The molecule has 0 atom stereocenters. The summed E-state index contributed by atoms with van der Waals surface area (Å²) in [6.45, 7) is 1.60. The van der Waals surface area contributed by atoms with Gasteiger partial charge in [0.25, 0.3) is 10.0 Å². The van der Waals surface area contributed by atoms with Gasteiger partial charge in [-0.15, -0.1) is 4.24 Å². The Bertz CT molecular complexity index is 383. The van der Waals surface area contributed by atoms with Crippen LogP contribution in [0.4, 0.5) is 0 Å². The van der Waals surface area contributed by atoms with Crippen molar-refractivity contribution in [2.75, 3.05) is 0 Å². The summed E-state index contributed by atoms with van der Waals surface area (Å²) in [7, 11) is -1.94. The lowest BCUT2D eigenvalue weighted by molar-refractivity contribution is 0.593. The normalized spacial score (nSPS) is 11.9. The van der Waals surface area contributed by atoms with Crippen molar-refractivity contribution in [3.8, 4) is 0 Å². The highest BCUT2D eigenvalue weighted by Gasteiger charge is 2.17. The minimum atomic E-state index is -3.58. The maximum Gasteiger partial charge on any atom is 0.257 e. The molecule has 0 aliphatic heterocycles. The lowest BCUT2D eigenvalue weighted by Gasteiger charge is -1.95. The van der Waals surface area contributed by atoms with E-state index < -0.39 is 10.0 Å². The van der Waals surface area contributed by atoms with E-state index in [-0.39, 0.29) is 4.90 Å². The maximum atomic E-state index is 11.1. The van der Waals surface area contributed by atoms with Gasteiger partial charge in [-0.1, -0.05) is 0 Å². The van der Waals surface area contributed by atoms with Crippen LogP contribution >= 0.6 is 11.8 Å². The van der Waals surface area contributed by atoms with Gasteiger partial charge in [0.1, 0.15) is 4.90 Å². The van der Waals surface area contributed by atoms with Crippen molar-refractivity contribution >= 4 is 21.8 Å². The van der Waals surface area contributed by atoms with Crippen molar-refractivity contribution in [2.24, 2.45) is 7.05 Å².